The van der Waals surface area contributed by atoms with E-state index in [9.17, 15) is 14.4 Å². The van der Waals surface area contributed by atoms with Gasteiger partial charge in [0.2, 0.25) is 6.41 Å². The zero-order valence-corrected chi connectivity index (χ0v) is 14.7. The molecule has 1 unspecified atom stereocenters. The lowest BCUT2D eigenvalue weighted by atomic mass is 9.95. The number of carbonyl (C=O) groups excluding carboxylic acids is 3. The van der Waals surface area contributed by atoms with Gasteiger partial charge in [-0.3, -0.25) is 14.9 Å². The first kappa shape index (κ1) is 19.0. The molecule has 3 amide bonds. The number of alkyl carbamates (subject to hydrolysis) is 1. The van der Waals surface area contributed by atoms with Crippen molar-refractivity contribution in [3.63, 3.8) is 0 Å². The van der Waals surface area contributed by atoms with E-state index in [-0.39, 0.29) is 6.54 Å². The third-order valence-electron chi connectivity index (χ3n) is 3.03. The van der Waals surface area contributed by atoms with Gasteiger partial charge >= 0.3 is 6.09 Å². The molecule has 0 radical (unpaired) electrons. The number of nitrogens with one attached hydrogen (secondary N) is 3. The van der Waals surface area contributed by atoms with Crippen LogP contribution in [0.4, 0.5) is 4.79 Å². The van der Waals surface area contributed by atoms with Crippen molar-refractivity contribution >= 4 is 29.7 Å². The zero-order chi connectivity index (χ0) is 17.7. The number of hydrogen-bond donors (Lipinski definition) is 3. The smallest absolute Gasteiger partial charge is 0.407 e. The third-order valence-corrected chi connectivity index (χ3v) is 4.12. The van der Waals surface area contributed by atoms with Crippen molar-refractivity contribution in [2.45, 2.75) is 38.8 Å². The molecular formula is C14H22N4O4S. The fraction of sp³-hybridized carbons (Fsp3) is 0.571. The summed E-state index contributed by atoms with van der Waals surface area (Å²) in [5, 5.41) is 7.58. The number of amides is 3. The van der Waals surface area contributed by atoms with E-state index in [0.717, 1.165) is 0 Å². The summed E-state index contributed by atoms with van der Waals surface area (Å²) in [6, 6.07) is 0. The number of aryl methyl sites for hydroxylation is 1. The van der Waals surface area contributed by atoms with Crippen LogP contribution in [0.15, 0.2) is 5.51 Å². The summed E-state index contributed by atoms with van der Waals surface area (Å²) < 4.78 is 5.17. The normalized spacial score (nSPS) is 13.8. The second kappa shape index (κ2) is 7.51. The fourth-order valence-electron chi connectivity index (χ4n) is 1.99. The van der Waals surface area contributed by atoms with Gasteiger partial charge in [0.1, 0.15) is 5.60 Å². The Morgan fingerprint density at radius 2 is 2.04 bits per heavy atom. The largest absolute Gasteiger partial charge is 0.444 e. The van der Waals surface area contributed by atoms with Gasteiger partial charge in [-0.25, -0.2) is 9.78 Å². The van der Waals surface area contributed by atoms with Crippen LogP contribution in [-0.2, 0) is 19.9 Å². The summed E-state index contributed by atoms with van der Waals surface area (Å²) in [4.78, 5) is 39.7. The molecule has 9 heteroatoms. The molecule has 0 aromatic carbocycles. The number of imide groups is 1. The molecule has 0 bridgehead atoms. The standard InChI is InChI=1S/C14H22N4O4S/c1-9-10(23-8-18-9)14(15-5,11(20)17-7-19)6-16-12(21)22-13(2,3)4/h7-8,15H,6H2,1-5H3,(H,16,21)(H,17,19,20). The van der Waals surface area contributed by atoms with Crippen molar-refractivity contribution in [2.24, 2.45) is 0 Å². The van der Waals surface area contributed by atoms with Gasteiger partial charge in [-0.1, -0.05) is 0 Å². The monoisotopic (exact) mass is 342 g/mol. The lowest BCUT2D eigenvalue weighted by Crippen LogP contribution is -2.59. The molecule has 0 spiro atoms. The Kier molecular flexibility index (Phi) is 6.22. The van der Waals surface area contributed by atoms with Crippen LogP contribution in [0.3, 0.4) is 0 Å². The Bertz CT molecular complexity index is 582. The minimum atomic E-state index is -1.32. The number of thiazole rings is 1. The number of aromatic nitrogens is 1. The van der Waals surface area contributed by atoms with E-state index < -0.39 is 23.1 Å². The molecule has 1 aromatic rings. The van der Waals surface area contributed by atoms with Crippen LogP contribution in [0, 0.1) is 6.92 Å². The van der Waals surface area contributed by atoms with Gasteiger partial charge in [-0.2, -0.15) is 0 Å². The molecule has 1 atom stereocenters. The molecule has 1 rings (SSSR count). The van der Waals surface area contributed by atoms with Crippen molar-refractivity contribution < 1.29 is 19.1 Å². The van der Waals surface area contributed by atoms with Crippen molar-refractivity contribution in [2.75, 3.05) is 13.6 Å². The lowest BCUT2D eigenvalue weighted by molar-refractivity contribution is -0.130. The minimum Gasteiger partial charge on any atom is -0.444 e. The molecule has 23 heavy (non-hydrogen) atoms. The highest BCUT2D eigenvalue weighted by molar-refractivity contribution is 7.10. The maximum absolute atomic E-state index is 12.4. The molecule has 0 fully saturated rings. The second-order valence-electron chi connectivity index (χ2n) is 5.87. The first-order valence-corrected chi connectivity index (χ1v) is 7.85. The predicted octanol–water partition coefficient (Wildman–Crippen LogP) is 0.664. The second-order valence-corrected chi connectivity index (χ2v) is 6.72. The Morgan fingerprint density at radius 1 is 1.39 bits per heavy atom. The summed E-state index contributed by atoms with van der Waals surface area (Å²) in [6.45, 7) is 6.87. The van der Waals surface area contributed by atoms with E-state index in [1.165, 1.54) is 11.3 Å². The summed E-state index contributed by atoms with van der Waals surface area (Å²) in [5.41, 5.74) is 0.260. The van der Waals surface area contributed by atoms with E-state index in [1.807, 2.05) is 0 Å². The van der Waals surface area contributed by atoms with Crippen LogP contribution in [0.5, 0.6) is 0 Å². The number of likely N-dealkylation sites (N-methyl/N-ethyl adjacent to an activating group) is 1. The topological polar surface area (TPSA) is 109 Å². The molecule has 0 aliphatic rings. The third kappa shape index (κ3) is 4.73. The Morgan fingerprint density at radius 3 is 2.48 bits per heavy atom. The maximum atomic E-state index is 12.4. The molecule has 0 aliphatic heterocycles. The number of hydrogen-bond acceptors (Lipinski definition) is 7. The van der Waals surface area contributed by atoms with Crippen LogP contribution >= 0.6 is 11.3 Å². The van der Waals surface area contributed by atoms with Gasteiger partial charge in [-0.15, -0.1) is 11.3 Å². The van der Waals surface area contributed by atoms with E-state index in [0.29, 0.717) is 17.0 Å². The summed E-state index contributed by atoms with van der Waals surface area (Å²) >= 11 is 1.26. The average Bonchev–Trinajstić information content (AvgIpc) is 2.85. The first-order valence-electron chi connectivity index (χ1n) is 6.97. The molecule has 8 nitrogen and oxygen atoms in total. The molecule has 0 saturated heterocycles. The molecule has 0 saturated carbocycles. The van der Waals surface area contributed by atoms with Crippen molar-refractivity contribution in [3.8, 4) is 0 Å². The highest BCUT2D eigenvalue weighted by atomic mass is 32.1. The average molecular weight is 342 g/mol. The van der Waals surface area contributed by atoms with Crippen molar-refractivity contribution in [1.29, 1.82) is 0 Å². The molecule has 1 heterocycles. The Labute approximate surface area is 139 Å². The summed E-state index contributed by atoms with van der Waals surface area (Å²) in [5.74, 6) is -0.585. The van der Waals surface area contributed by atoms with Crippen LogP contribution in [0.2, 0.25) is 0 Å². The van der Waals surface area contributed by atoms with Crippen molar-refractivity contribution in [3.05, 3.63) is 16.1 Å². The van der Waals surface area contributed by atoms with Gasteiger partial charge in [0.25, 0.3) is 5.91 Å². The van der Waals surface area contributed by atoms with E-state index in [2.05, 4.69) is 20.9 Å². The first-order chi connectivity index (χ1) is 10.7. The van der Waals surface area contributed by atoms with Crippen molar-refractivity contribution in [1.82, 2.24) is 20.9 Å². The fourth-order valence-corrected chi connectivity index (χ4v) is 2.99. The van der Waals surface area contributed by atoms with Gasteiger partial charge in [0.15, 0.2) is 5.54 Å². The SMILES string of the molecule is CNC(CNC(=O)OC(C)(C)C)(C(=O)NC=O)c1scnc1C. The van der Waals surface area contributed by atoms with Gasteiger partial charge in [-0.05, 0) is 34.7 Å². The molecule has 1 aromatic heterocycles. The van der Waals surface area contributed by atoms with Gasteiger partial charge < -0.3 is 15.4 Å². The predicted molar refractivity (Wildman–Crippen MR) is 86.0 cm³/mol. The quantitative estimate of drug-likeness (QED) is 0.655. The number of rotatable bonds is 6. The lowest BCUT2D eigenvalue weighted by Gasteiger charge is -2.31. The highest BCUT2D eigenvalue weighted by Crippen LogP contribution is 2.28. The number of ether oxygens (including phenoxy) is 1. The number of nitrogens with zero attached hydrogens (tertiary/aromatic N) is 1. The van der Waals surface area contributed by atoms with E-state index >= 15 is 0 Å². The number of carbonyl (C=O) groups is 3. The molecule has 0 aliphatic carbocycles. The van der Waals surface area contributed by atoms with Crippen LogP contribution in [0.1, 0.15) is 31.3 Å². The highest BCUT2D eigenvalue weighted by Gasteiger charge is 2.42. The van der Waals surface area contributed by atoms with Gasteiger partial charge in [0, 0.05) is 0 Å². The molecule has 3 N–H and O–H groups in total. The molecule has 128 valence electrons. The van der Waals surface area contributed by atoms with Crippen LogP contribution in [-0.4, -0.2) is 42.6 Å². The van der Waals surface area contributed by atoms with E-state index in [1.54, 1.807) is 40.3 Å². The van der Waals surface area contributed by atoms with Gasteiger partial charge in [0.05, 0.1) is 22.6 Å². The summed E-state index contributed by atoms with van der Waals surface area (Å²) in [7, 11) is 1.57. The summed E-state index contributed by atoms with van der Waals surface area (Å²) in [6.07, 6.45) is -0.351. The Balaban J connectivity index is 3.05. The maximum Gasteiger partial charge on any atom is 0.407 e. The molecular weight excluding hydrogens is 320 g/mol. The zero-order valence-electron chi connectivity index (χ0n) is 13.9. The van der Waals surface area contributed by atoms with E-state index in [4.69, 9.17) is 4.74 Å². The Hall–Kier alpha value is -2.00. The van der Waals surface area contributed by atoms with Crippen LogP contribution in [0.25, 0.3) is 0 Å². The van der Waals surface area contributed by atoms with Crippen LogP contribution < -0.4 is 16.0 Å². The minimum absolute atomic E-state index is 0.0961.